The number of amides is 3. The Bertz CT molecular complexity index is 1040. The van der Waals surface area contributed by atoms with Gasteiger partial charge in [-0.3, -0.25) is 19.7 Å². The zero-order valence-corrected chi connectivity index (χ0v) is 15.3. The highest BCUT2D eigenvalue weighted by Crippen LogP contribution is 2.34. The largest absolute Gasteiger partial charge is 0.496 e. The zero-order chi connectivity index (χ0) is 21.1. The molecule has 2 aromatic rings. The van der Waals surface area contributed by atoms with E-state index in [2.05, 4.69) is 10.1 Å². The first-order valence-electron chi connectivity index (χ1n) is 8.18. The van der Waals surface area contributed by atoms with Crippen LogP contribution in [0.25, 0.3) is 17.4 Å². The number of hydrogen-bond acceptors (Lipinski definition) is 8. The van der Waals surface area contributed by atoms with Gasteiger partial charge in [-0.1, -0.05) is 0 Å². The van der Waals surface area contributed by atoms with Crippen molar-refractivity contribution in [1.82, 2.24) is 10.2 Å². The van der Waals surface area contributed by atoms with E-state index in [1.165, 1.54) is 31.4 Å². The maximum Gasteiger partial charge on any atom is 0.329 e. The predicted molar refractivity (Wildman–Crippen MR) is 97.6 cm³/mol. The Labute approximate surface area is 163 Å². The first-order chi connectivity index (χ1) is 13.8. The number of nitro groups is 1. The van der Waals surface area contributed by atoms with E-state index in [0.29, 0.717) is 16.2 Å². The Morgan fingerprint density at radius 3 is 2.69 bits per heavy atom. The second kappa shape index (κ2) is 7.84. The standard InChI is InChI=1S/C18H15N3O8/c1-27-15-7-10(21(25)26)3-5-12(15)14-6-4-11(29-14)8-13-17(23)20(18(24)19-13)9-16(22)28-2/h3-8H,9H2,1-2H3,(H,19,24)/b13-8+. The van der Waals surface area contributed by atoms with Crippen molar-refractivity contribution >= 4 is 29.7 Å². The number of benzene rings is 1. The van der Waals surface area contributed by atoms with Crippen LogP contribution >= 0.6 is 0 Å². The van der Waals surface area contributed by atoms with Crippen LogP contribution in [-0.2, 0) is 14.3 Å². The molecule has 0 unspecified atom stereocenters. The van der Waals surface area contributed by atoms with Crippen LogP contribution in [0.3, 0.4) is 0 Å². The fraction of sp³-hybridized carbons (Fsp3) is 0.167. The number of urea groups is 1. The second-order valence-corrected chi connectivity index (χ2v) is 5.80. The molecule has 1 aromatic heterocycles. The molecule has 0 aliphatic carbocycles. The molecule has 1 N–H and O–H groups in total. The van der Waals surface area contributed by atoms with Crippen molar-refractivity contribution in [3.8, 4) is 17.1 Å². The summed E-state index contributed by atoms with van der Waals surface area (Å²) in [6.45, 7) is -0.512. The van der Waals surface area contributed by atoms with Gasteiger partial charge in [-0.2, -0.15) is 0 Å². The van der Waals surface area contributed by atoms with Crippen molar-refractivity contribution in [2.45, 2.75) is 0 Å². The maximum absolute atomic E-state index is 12.3. The van der Waals surface area contributed by atoms with E-state index in [1.54, 1.807) is 12.1 Å². The molecular formula is C18H15N3O8. The molecule has 11 nitrogen and oxygen atoms in total. The maximum atomic E-state index is 12.3. The van der Waals surface area contributed by atoms with E-state index in [4.69, 9.17) is 9.15 Å². The minimum Gasteiger partial charge on any atom is -0.496 e. The van der Waals surface area contributed by atoms with Gasteiger partial charge in [-0.05, 0) is 18.2 Å². The summed E-state index contributed by atoms with van der Waals surface area (Å²) in [5.41, 5.74) is 0.261. The number of furan rings is 1. The van der Waals surface area contributed by atoms with E-state index < -0.39 is 29.4 Å². The number of non-ortho nitro benzene ring substituents is 1. The highest BCUT2D eigenvalue weighted by atomic mass is 16.6. The van der Waals surface area contributed by atoms with Crippen molar-refractivity contribution in [3.63, 3.8) is 0 Å². The average molecular weight is 401 g/mol. The van der Waals surface area contributed by atoms with Crippen molar-refractivity contribution in [1.29, 1.82) is 0 Å². The molecular weight excluding hydrogens is 386 g/mol. The van der Waals surface area contributed by atoms with Crippen LogP contribution in [0.1, 0.15) is 5.76 Å². The number of ether oxygens (including phenoxy) is 2. The van der Waals surface area contributed by atoms with Gasteiger partial charge >= 0.3 is 12.0 Å². The molecule has 1 aromatic carbocycles. The molecule has 150 valence electrons. The van der Waals surface area contributed by atoms with Gasteiger partial charge in [0.1, 0.15) is 29.5 Å². The fourth-order valence-electron chi connectivity index (χ4n) is 2.62. The summed E-state index contributed by atoms with van der Waals surface area (Å²) in [5.74, 6) is -0.621. The molecule has 11 heteroatoms. The number of nitrogens with one attached hydrogen (secondary N) is 1. The van der Waals surface area contributed by atoms with Crippen molar-refractivity contribution in [2.24, 2.45) is 0 Å². The van der Waals surface area contributed by atoms with Gasteiger partial charge in [-0.15, -0.1) is 0 Å². The molecule has 3 rings (SSSR count). The van der Waals surface area contributed by atoms with Crippen LogP contribution < -0.4 is 10.1 Å². The SMILES string of the molecule is COC(=O)CN1C(=O)N/C(=C/c2ccc(-c3ccc([N+](=O)[O-])cc3OC)o2)C1=O. The minimum absolute atomic E-state index is 0.0736. The average Bonchev–Trinajstić information content (AvgIpc) is 3.27. The molecule has 0 bridgehead atoms. The Balaban J connectivity index is 1.86. The van der Waals surface area contributed by atoms with E-state index in [9.17, 15) is 24.5 Å². The molecule has 29 heavy (non-hydrogen) atoms. The summed E-state index contributed by atoms with van der Waals surface area (Å²) >= 11 is 0. The minimum atomic E-state index is -0.754. The van der Waals surface area contributed by atoms with Gasteiger partial charge in [0.25, 0.3) is 11.6 Å². The summed E-state index contributed by atoms with van der Waals surface area (Å²) in [7, 11) is 2.52. The number of esters is 1. The zero-order valence-electron chi connectivity index (χ0n) is 15.3. The van der Waals surface area contributed by atoms with Gasteiger partial charge < -0.3 is 19.2 Å². The molecule has 0 radical (unpaired) electrons. The molecule has 1 saturated heterocycles. The summed E-state index contributed by atoms with van der Waals surface area (Å²) in [4.78, 5) is 46.6. The lowest BCUT2D eigenvalue weighted by atomic mass is 10.1. The second-order valence-electron chi connectivity index (χ2n) is 5.80. The third kappa shape index (κ3) is 3.93. The lowest BCUT2D eigenvalue weighted by Gasteiger charge is -2.08. The number of nitrogens with zero attached hydrogens (tertiary/aromatic N) is 2. The lowest BCUT2D eigenvalue weighted by Crippen LogP contribution is -2.36. The Kier molecular flexibility index (Phi) is 5.30. The quantitative estimate of drug-likeness (QED) is 0.254. The molecule has 3 amide bonds. The van der Waals surface area contributed by atoms with Crippen LogP contribution in [0, 0.1) is 10.1 Å². The third-order valence-electron chi connectivity index (χ3n) is 4.05. The molecule has 1 fully saturated rings. The van der Waals surface area contributed by atoms with Crippen LogP contribution in [0.15, 0.2) is 40.4 Å². The molecule has 0 spiro atoms. The number of rotatable bonds is 6. The Hall–Kier alpha value is -4.15. The summed E-state index contributed by atoms with van der Waals surface area (Å²) in [6.07, 6.45) is 1.30. The number of carbonyl (C=O) groups excluding carboxylic acids is 3. The Morgan fingerprint density at radius 2 is 2.03 bits per heavy atom. The topological polar surface area (TPSA) is 141 Å². The summed E-state index contributed by atoms with van der Waals surface area (Å²) in [6, 6.07) is 6.43. The van der Waals surface area contributed by atoms with Crippen molar-refractivity contribution < 1.29 is 33.2 Å². The van der Waals surface area contributed by atoms with Crippen LogP contribution in [0.4, 0.5) is 10.5 Å². The monoisotopic (exact) mass is 401 g/mol. The van der Waals surface area contributed by atoms with Crippen LogP contribution in [0.5, 0.6) is 5.75 Å². The summed E-state index contributed by atoms with van der Waals surface area (Å²) < 4.78 is 15.3. The number of nitro benzene ring substituents is 1. The lowest BCUT2D eigenvalue weighted by molar-refractivity contribution is -0.384. The molecule has 0 saturated carbocycles. The molecule has 1 aliphatic rings. The highest BCUT2D eigenvalue weighted by Gasteiger charge is 2.35. The van der Waals surface area contributed by atoms with E-state index in [0.717, 1.165) is 7.11 Å². The van der Waals surface area contributed by atoms with Gasteiger partial charge in [0.2, 0.25) is 0 Å². The van der Waals surface area contributed by atoms with Crippen molar-refractivity contribution in [2.75, 3.05) is 20.8 Å². The molecule has 2 heterocycles. The fourth-order valence-corrected chi connectivity index (χ4v) is 2.62. The van der Waals surface area contributed by atoms with E-state index in [-0.39, 0.29) is 22.9 Å². The van der Waals surface area contributed by atoms with E-state index >= 15 is 0 Å². The predicted octanol–water partition coefficient (Wildman–Crippen LogP) is 1.93. The van der Waals surface area contributed by atoms with Gasteiger partial charge in [0.05, 0.1) is 30.8 Å². The highest BCUT2D eigenvalue weighted by molar-refractivity contribution is 6.15. The molecule has 1 aliphatic heterocycles. The van der Waals surface area contributed by atoms with E-state index in [1.807, 2.05) is 0 Å². The Morgan fingerprint density at radius 1 is 1.28 bits per heavy atom. The summed E-state index contributed by atoms with van der Waals surface area (Å²) in [5, 5.41) is 13.3. The van der Waals surface area contributed by atoms with Crippen LogP contribution in [0.2, 0.25) is 0 Å². The van der Waals surface area contributed by atoms with Crippen molar-refractivity contribution in [3.05, 3.63) is 51.9 Å². The number of methoxy groups -OCH3 is 2. The van der Waals surface area contributed by atoms with Gasteiger partial charge in [0, 0.05) is 12.1 Å². The third-order valence-corrected chi connectivity index (χ3v) is 4.05. The van der Waals surface area contributed by atoms with Gasteiger partial charge in [-0.25, -0.2) is 9.69 Å². The molecule has 0 atom stereocenters. The number of carbonyl (C=O) groups is 3. The number of hydrogen-bond donors (Lipinski definition) is 1. The van der Waals surface area contributed by atoms with Crippen LogP contribution in [-0.4, -0.2) is 48.5 Å². The smallest absolute Gasteiger partial charge is 0.329 e. The van der Waals surface area contributed by atoms with Gasteiger partial charge in [0.15, 0.2) is 0 Å². The first kappa shape index (κ1) is 19.6. The number of imide groups is 1. The normalized spacial score (nSPS) is 14.8. The first-order valence-corrected chi connectivity index (χ1v) is 8.18.